The molecule has 2 heterocycles. The van der Waals surface area contributed by atoms with Crippen molar-refractivity contribution in [1.82, 2.24) is 10.9 Å². The largest absolute Gasteiger partial charge is 0.482 e. The molecule has 1 saturated heterocycles. The number of carbonyl (C=O) groups is 2. The van der Waals surface area contributed by atoms with Gasteiger partial charge in [0.2, 0.25) is 0 Å². The van der Waals surface area contributed by atoms with Gasteiger partial charge in [-0.15, -0.1) is 0 Å². The zero-order chi connectivity index (χ0) is 14.1. The van der Waals surface area contributed by atoms with Crippen LogP contribution in [0.25, 0.3) is 0 Å². The van der Waals surface area contributed by atoms with Crippen molar-refractivity contribution in [3.05, 3.63) is 23.8 Å². The first-order valence-electron chi connectivity index (χ1n) is 6.41. The molecule has 2 aliphatic rings. The summed E-state index contributed by atoms with van der Waals surface area (Å²) in [5, 5.41) is 11.5. The monoisotopic (exact) mass is 277 g/mol. The second kappa shape index (κ2) is 5.10. The maximum atomic E-state index is 11.3. The molecule has 7 nitrogen and oxygen atoms in total. The van der Waals surface area contributed by atoms with Crippen LogP contribution in [0.15, 0.2) is 18.2 Å². The minimum atomic E-state index is -0.823. The molecule has 1 amide bonds. The van der Waals surface area contributed by atoms with Gasteiger partial charge in [0.15, 0.2) is 6.61 Å². The molecule has 0 spiro atoms. The van der Waals surface area contributed by atoms with E-state index in [2.05, 4.69) is 16.2 Å². The van der Waals surface area contributed by atoms with E-state index in [4.69, 9.17) is 9.84 Å². The second-order valence-electron chi connectivity index (χ2n) is 4.96. The number of fused-ring (bicyclic) bond motifs is 1. The number of hydrazine groups is 1. The lowest BCUT2D eigenvalue weighted by molar-refractivity contribution is -0.137. The summed E-state index contributed by atoms with van der Waals surface area (Å²) in [6.07, 6.45) is 0.758. The van der Waals surface area contributed by atoms with Crippen molar-refractivity contribution in [3.63, 3.8) is 0 Å². The fourth-order valence-corrected chi connectivity index (χ4v) is 2.50. The molecule has 0 aliphatic carbocycles. The number of nitrogens with one attached hydrogen (secondary N) is 3. The number of amides is 1. The van der Waals surface area contributed by atoms with Crippen LogP contribution in [0.5, 0.6) is 5.75 Å². The van der Waals surface area contributed by atoms with E-state index in [0.29, 0.717) is 17.9 Å². The van der Waals surface area contributed by atoms with Crippen molar-refractivity contribution < 1.29 is 19.4 Å². The second-order valence-corrected chi connectivity index (χ2v) is 4.96. The van der Waals surface area contributed by atoms with Crippen molar-refractivity contribution in [2.45, 2.75) is 24.9 Å². The number of aliphatic carboxylic acids is 1. The van der Waals surface area contributed by atoms with Gasteiger partial charge >= 0.3 is 5.97 Å². The van der Waals surface area contributed by atoms with Crippen LogP contribution in [-0.2, 0) is 9.59 Å². The van der Waals surface area contributed by atoms with Crippen LogP contribution in [0.4, 0.5) is 5.69 Å². The number of carboxylic acid groups (broad SMARTS) is 1. The van der Waals surface area contributed by atoms with E-state index in [1.54, 1.807) is 0 Å². The smallest absolute Gasteiger partial charge is 0.304 e. The molecule has 20 heavy (non-hydrogen) atoms. The van der Waals surface area contributed by atoms with Crippen LogP contribution >= 0.6 is 0 Å². The van der Waals surface area contributed by atoms with Gasteiger partial charge in [-0.3, -0.25) is 15.0 Å². The van der Waals surface area contributed by atoms with Gasteiger partial charge in [-0.05, 0) is 24.1 Å². The number of benzene rings is 1. The molecule has 1 fully saturated rings. The van der Waals surface area contributed by atoms with Crippen molar-refractivity contribution in [2.24, 2.45) is 0 Å². The molecular formula is C13H15N3O4. The molecule has 2 atom stereocenters. The first-order chi connectivity index (χ1) is 9.61. The maximum absolute atomic E-state index is 11.3. The van der Waals surface area contributed by atoms with Crippen LogP contribution < -0.4 is 20.9 Å². The summed E-state index contributed by atoms with van der Waals surface area (Å²) in [5.74, 6) is -0.339. The molecular weight excluding hydrogens is 262 g/mol. The molecule has 0 aromatic heterocycles. The summed E-state index contributed by atoms with van der Waals surface area (Å²) < 4.78 is 5.30. The topological polar surface area (TPSA) is 99.7 Å². The average Bonchev–Trinajstić information content (AvgIpc) is 2.85. The summed E-state index contributed by atoms with van der Waals surface area (Å²) in [5.41, 5.74) is 7.69. The lowest BCUT2D eigenvalue weighted by atomic mass is 9.99. The third-order valence-corrected chi connectivity index (χ3v) is 3.44. The molecule has 0 bridgehead atoms. The highest BCUT2D eigenvalue weighted by Crippen LogP contribution is 2.32. The van der Waals surface area contributed by atoms with Crippen molar-refractivity contribution >= 4 is 17.6 Å². The number of anilines is 1. The molecule has 3 rings (SSSR count). The number of hydrogen-bond donors (Lipinski definition) is 4. The van der Waals surface area contributed by atoms with Crippen molar-refractivity contribution in [3.8, 4) is 5.75 Å². The first-order valence-corrected chi connectivity index (χ1v) is 6.41. The molecule has 1 aromatic carbocycles. The normalized spacial score (nSPS) is 24.7. The third-order valence-electron chi connectivity index (χ3n) is 3.44. The number of ether oxygens (including phenoxy) is 1. The SMILES string of the molecule is O=C(O)CC1CC(c2ccc3c(c2)NC(=O)CO3)NN1. The van der Waals surface area contributed by atoms with Crippen LogP contribution in [0.3, 0.4) is 0 Å². The van der Waals surface area contributed by atoms with Crippen LogP contribution in [0.1, 0.15) is 24.4 Å². The van der Waals surface area contributed by atoms with Gasteiger partial charge in [0.25, 0.3) is 5.91 Å². The summed E-state index contributed by atoms with van der Waals surface area (Å²) in [6.45, 7) is 0.0380. The summed E-state index contributed by atoms with van der Waals surface area (Å²) in [7, 11) is 0. The Morgan fingerprint density at radius 1 is 1.40 bits per heavy atom. The van der Waals surface area contributed by atoms with Crippen LogP contribution in [0, 0.1) is 0 Å². The Morgan fingerprint density at radius 3 is 3.05 bits per heavy atom. The minimum absolute atomic E-state index is 0.0171. The average molecular weight is 277 g/mol. The Labute approximate surface area is 115 Å². The fourth-order valence-electron chi connectivity index (χ4n) is 2.50. The summed E-state index contributed by atoms with van der Waals surface area (Å²) in [4.78, 5) is 22.0. The van der Waals surface area contributed by atoms with E-state index < -0.39 is 5.97 Å². The molecule has 4 N–H and O–H groups in total. The van der Waals surface area contributed by atoms with Gasteiger partial charge in [-0.25, -0.2) is 5.43 Å². The fraction of sp³-hybridized carbons (Fsp3) is 0.385. The minimum Gasteiger partial charge on any atom is -0.482 e. The number of rotatable bonds is 3. The van der Waals surface area contributed by atoms with Gasteiger partial charge < -0.3 is 15.2 Å². The van der Waals surface area contributed by atoms with Crippen molar-refractivity contribution in [1.29, 1.82) is 0 Å². The molecule has 2 aliphatic heterocycles. The highest BCUT2D eigenvalue weighted by atomic mass is 16.5. The molecule has 7 heteroatoms. The lowest BCUT2D eigenvalue weighted by Gasteiger charge is -2.20. The number of hydrogen-bond acceptors (Lipinski definition) is 5. The molecule has 106 valence electrons. The number of carbonyl (C=O) groups excluding carboxylic acids is 1. The third kappa shape index (κ3) is 2.59. The van der Waals surface area contributed by atoms with Gasteiger partial charge in [-0.1, -0.05) is 6.07 Å². The Bertz CT molecular complexity index is 561. The first kappa shape index (κ1) is 12.9. The summed E-state index contributed by atoms with van der Waals surface area (Å²) >= 11 is 0. The van der Waals surface area contributed by atoms with Gasteiger partial charge in [0.1, 0.15) is 5.75 Å². The van der Waals surface area contributed by atoms with Gasteiger partial charge in [0, 0.05) is 12.1 Å². The molecule has 0 saturated carbocycles. The van der Waals surface area contributed by atoms with Crippen LogP contribution in [-0.4, -0.2) is 29.6 Å². The Hall–Kier alpha value is -2.12. The zero-order valence-corrected chi connectivity index (χ0v) is 10.7. The van der Waals surface area contributed by atoms with E-state index >= 15 is 0 Å². The van der Waals surface area contributed by atoms with E-state index in [1.165, 1.54) is 0 Å². The van der Waals surface area contributed by atoms with E-state index in [0.717, 1.165) is 5.56 Å². The molecule has 1 aromatic rings. The Kier molecular flexibility index (Phi) is 3.29. The molecule has 2 unspecified atom stereocenters. The Balaban J connectivity index is 1.74. The number of carboxylic acids is 1. The van der Waals surface area contributed by atoms with E-state index in [-0.39, 0.29) is 31.0 Å². The van der Waals surface area contributed by atoms with Gasteiger partial charge in [0.05, 0.1) is 12.1 Å². The molecule has 0 radical (unpaired) electrons. The van der Waals surface area contributed by atoms with Crippen molar-refractivity contribution in [2.75, 3.05) is 11.9 Å². The maximum Gasteiger partial charge on any atom is 0.304 e. The van der Waals surface area contributed by atoms with E-state index in [1.807, 2.05) is 18.2 Å². The van der Waals surface area contributed by atoms with E-state index in [9.17, 15) is 9.59 Å². The highest BCUT2D eigenvalue weighted by Gasteiger charge is 2.27. The predicted molar refractivity (Wildman–Crippen MR) is 70.2 cm³/mol. The standard InChI is InChI=1S/C13H15N3O4/c17-12-6-20-11-2-1-7(3-10(11)14-12)9-4-8(15-16-9)5-13(18)19/h1-3,8-9,15-16H,4-6H2,(H,14,17)(H,18,19). The van der Waals surface area contributed by atoms with Crippen LogP contribution in [0.2, 0.25) is 0 Å². The highest BCUT2D eigenvalue weighted by molar-refractivity contribution is 5.95. The zero-order valence-electron chi connectivity index (χ0n) is 10.7. The summed E-state index contributed by atoms with van der Waals surface area (Å²) in [6, 6.07) is 5.51. The quantitative estimate of drug-likeness (QED) is 0.638. The predicted octanol–water partition coefficient (Wildman–Crippen LogP) is 0.400. The Morgan fingerprint density at radius 2 is 2.25 bits per heavy atom. The van der Waals surface area contributed by atoms with Gasteiger partial charge in [-0.2, -0.15) is 0 Å². The lowest BCUT2D eigenvalue weighted by Crippen LogP contribution is -2.32.